The summed E-state index contributed by atoms with van der Waals surface area (Å²) in [6.45, 7) is 7.75. The number of nitrogen functional groups attached to an aromatic ring is 1. The Bertz CT molecular complexity index is 363. The van der Waals surface area contributed by atoms with Crippen molar-refractivity contribution in [3.8, 4) is 0 Å². The van der Waals surface area contributed by atoms with Gasteiger partial charge in [0.2, 0.25) is 0 Å². The highest BCUT2D eigenvalue weighted by Gasteiger charge is 2.09. The van der Waals surface area contributed by atoms with Crippen LogP contribution >= 0.6 is 15.9 Å². The lowest BCUT2D eigenvalue weighted by Gasteiger charge is -2.15. The Kier molecular flexibility index (Phi) is 4.15. The zero-order valence-electron chi connectivity index (χ0n) is 9.05. The van der Waals surface area contributed by atoms with Crippen LogP contribution in [0.3, 0.4) is 0 Å². The van der Waals surface area contributed by atoms with E-state index in [0.29, 0.717) is 11.7 Å². The molecule has 1 rings (SSSR count). The van der Waals surface area contributed by atoms with Crippen LogP contribution in [0.15, 0.2) is 23.3 Å². The molecule has 0 saturated carbocycles. The van der Waals surface area contributed by atoms with Gasteiger partial charge in [-0.25, -0.2) is 4.98 Å². The van der Waals surface area contributed by atoms with E-state index < -0.39 is 0 Å². The molecule has 0 radical (unpaired) electrons. The second-order valence-corrected chi connectivity index (χ2v) is 4.36. The normalized spacial score (nSPS) is 12.2. The molecule has 0 spiro atoms. The molecule has 4 heteroatoms. The Morgan fingerprint density at radius 2 is 2.40 bits per heavy atom. The first-order valence-corrected chi connectivity index (χ1v) is 5.63. The highest BCUT2D eigenvalue weighted by atomic mass is 79.9. The van der Waals surface area contributed by atoms with Gasteiger partial charge in [0.05, 0.1) is 16.4 Å². The van der Waals surface area contributed by atoms with Crippen molar-refractivity contribution in [3.63, 3.8) is 0 Å². The highest BCUT2D eigenvalue weighted by molar-refractivity contribution is 9.10. The number of aromatic nitrogens is 1. The molecule has 0 aromatic carbocycles. The van der Waals surface area contributed by atoms with Crippen molar-refractivity contribution in [1.29, 1.82) is 0 Å². The number of anilines is 2. The molecule has 0 amide bonds. The zero-order chi connectivity index (χ0) is 11.4. The maximum Gasteiger partial charge on any atom is 0.140 e. The van der Waals surface area contributed by atoms with Gasteiger partial charge in [-0.3, -0.25) is 0 Å². The van der Waals surface area contributed by atoms with E-state index in [1.165, 1.54) is 0 Å². The number of rotatable bonds is 4. The minimum absolute atomic E-state index is 0.314. The number of nitrogens with one attached hydrogen (secondary N) is 1. The molecule has 1 unspecified atom stereocenters. The molecule has 3 N–H and O–H groups in total. The summed E-state index contributed by atoms with van der Waals surface area (Å²) in [5.41, 5.74) is 7.45. The Morgan fingerprint density at radius 1 is 1.73 bits per heavy atom. The van der Waals surface area contributed by atoms with E-state index >= 15 is 0 Å². The SMILES string of the molecule is C=CCC(C)Nc1ncc(N)c(C)c1Br. The van der Waals surface area contributed by atoms with E-state index in [0.717, 1.165) is 22.3 Å². The predicted molar refractivity (Wildman–Crippen MR) is 69.0 cm³/mol. The third-order valence-electron chi connectivity index (χ3n) is 2.21. The monoisotopic (exact) mass is 269 g/mol. The van der Waals surface area contributed by atoms with Gasteiger partial charge in [0.15, 0.2) is 0 Å². The van der Waals surface area contributed by atoms with E-state index in [1.54, 1.807) is 6.20 Å². The first-order valence-electron chi connectivity index (χ1n) is 4.84. The maximum atomic E-state index is 5.74. The van der Waals surface area contributed by atoms with Crippen LogP contribution in [0.5, 0.6) is 0 Å². The summed E-state index contributed by atoms with van der Waals surface area (Å²) < 4.78 is 0.929. The number of hydrogen-bond acceptors (Lipinski definition) is 3. The summed E-state index contributed by atoms with van der Waals surface area (Å²) in [5.74, 6) is 0.830. The van der Waals surface area contributed by atoms with Gasteiger partial charge >= 0.3 is 0 Å². The molecule has 1 heterocycles. The first-order chi connectivity index (χ1) is 7.06. The number of halogens is 1. The van der Waals surface area contributed by atoms with E-state index in [2.05, 4.69) is 39.7 Å². The van der Waals surface area contributed by atoms with Crippen molar-refractivity contribution < 1.29 is 0 Å². The van der Waals surface area contributed by atoms with Gasteiger partial charge in [0, 0.05) is 6.04 Å². The van der Waals surface area contributed by atoms with Crippen LogP contribution in [0.1, 0.15) is 18.9 Å². The molecular formula is C11H16BrN3. The second kappa shape index (κ2) is 5.16. The van der Waals surface area contributed by atoms with Crippen molar-refractivity contribution in [2.24, 2.45) is 0 Å². The van der Waals surface area contributed by atoms with Crippen molar-refractivity contribution in [1.82, 2.24) is 4.98 Å². The molecule has 1 aromatic rings. The molecule has 0 aliphatic rings. The lowest BCUT2D eigenvalue weighted by molar-refractivity contribution is 0.806. The Hall–Kier alpha value is -1.03. The number of nitrogens with two attached hydrogens (primary N) is 1. The fourth-order valence-electron chi connectivity index (χ4n) is 1.23. The van der Waals surface area contributed by atoms with Gasteiger partial charge in [-0.2, -0.15) is 0 Å². The quantitative estimate of drug-likeness (QED) is 0.826. The molecule has 0 bridgehead atoms. The van der Waals surface area contributed by atoms with Crippen LogP contribution in [0, 0.1) is 6.92 Å². The fourth-order valence-corrected chi connectivity index (χ4v) is 1.68. The Balaban J connectivity index is 2.86. The van der Waals surface area contributed by atoms with Crippen molar-refractivity contribution in [3.05, 3.63) is 28.9 Å². The molecule has 0 saturated heterocycles. The zero-order valence-corrected chi connectivity index (χ0v) is 10.6. The minimum Gasteiger partial charge on any atom is -0.397 e. The molecule has 0 aliphatic heterocycles. The largest absolute Gasteiger partial charge is 0.397 e. The van der Waals surface area contributed by atoms with Crippen molar-refractivity contribution in [2.45, 2.75) is 26.3 Å². The maximum absolute atomic E-state index is 5.74. The summed E-state index contributed by atoms with van der Waals surface area (Å²) in [6.07, 6.45) is 4.45. The van der Waals surface area contributed by atoms with Crippen LogP contribution in [0.25, 0.3) is 0 Å². The fraction of sp³-hybridized carbons (Fsp3) is 0.364. The topological polar surface area (TPSA) is 50.9 Å². The van der Waals surface area contributed by atoms with E-state index in [9.17, 15) is 0 Å². The molecule has 0 aliphatic carbocycles. The Labute approximate surface area is 98.9 Å². The molecule has 3 nitrogen and oxygen atoms in total. The van der Waals surface area contributed by atoms with Gasteiger partial charge in [0.1, 0.15) is 5.82 Å². The van der Waals surface area contributed by atoms with Gasteiger partial charge in [-0.05, 0) is 41.8 Å². The van der Waals surface area contributed by atoms with Gasteiger partial charge in [0.25, 0.3) is 0 Å². The average Bonchev–Trinajstić information content (AvgIpc) is 2.20. The smallest absolute Gasteiger partial charge is 0.140 e. The summed E-state index contributed by atoms with van der Waals surface area (Å²) in [4.78, 5) is 4.24. The minimum atomic E-state index is 0.314. The molecule has 1 atom stereocenters. The summed E-state index contributed by atoms with van der Waals surface area (Å²) in [7, 11) is 0. The Morgan fingerprint density at radius 3 is 3.00 bits per heavy atom. The van der Waals surface area contributed by atoms with Crippen LogP contribution < -0.4 is 11.1 Å². The average molecular weight is 270 g/mol. The molecule has 1 aromatic heterocycles. The lowest BCUT2D eigenvalue weighted by atomic mass is 10.2. The molecular weight excluding hydrogens is 254 g/mol. The van der Waals surface area contributed by atoms with Gasteiger partial charge in [-0.1, -0.05) is 6.08 Å². The third kappa shape index (κ3) is 2.96. The highest BCUT2D eigenvalue weighted by Crippen LogP contribution is 2.28. The van der Waals surface area contributed by atoms with Gasteiger partial charge < -0.3 is 11.1 Å². The van der Waals surface area contributed by atoms with Crippen LogP contribution in [0.4, 0.5) is 11.5 Å². The van der Waals surface area contributed by atoms with Gasteiger partial charge in [-0.15, -0.1) is 6.58 Å². The van der Waals surface area contributed by atoms with Crippen molar-refractivity contribution in [2.75, 3.05) is 11.1 Å². The number of nitrogens with zero attached hydrogens (tertiary/aromatic N) is 1. The number of hydrogen-bond donors (Lipinski definition) is 2. The van der Waals surface area contributed by atoms with E-state index in [-0.39, 0.29) is 0 Å². The molecule has 82 valence electrons. The summed E-state index contributed by atoms with van der Waals surface area (Å²) in [6, 6.07) is 0.314. The summed E-state index contributed by atoms with van der Waals surface area (Å²) >= 11 is 3.48. The van der Waals surface area contributed by atoms with E-state index in [1.807, 2.05) is 13.0 Å². The predicted octanol–water partition coefficient (Wildman–Crippen LogP) is 3.11. The molecule has 15 heavy (non-hydrogen) atoms. The third-order valence-corrected chi connectivity index (χ3v) is 3.18. The summed E-state index contributed by atoms with van der Waals surface area (Å²) in [5, 5.41) is 3.29. The standard InChI is InChI=1S/C11H16BrN3/c1-4-5-7(2)15-11-10(12)8(3)9(13)6-14-11/h4,6-7H,1,5,13H2,2-3H3,(H,14,15). The number of pyridine rings is 1. The van der Waals surface area contributed by atoms with Crippen molar-refractivity contribution >= 4 is 27.4 Å². The second-order valence-electron chi connectivity index (χ2n) is 3.57. The van der Waals surface area contributed by atoms with Crippen LogP contribution in [-0.2, 0) is 0 Å². The lowest BCUT2D eigenvalue weighted by Crippen LogP contribution is -2.15. The first kappa shape index (κ1) is 12.0. The van der Waals surface area contributed by atoms with Crippen LogP contribution in [0.2, 0.25) is 0 Å². The van der Waals surface area contributed by atoms with Crippen LogP contribution in [-0.4, -0.2) is 11.0 Å². The molecule has 0 fully saturated rings. The van der Waals surface area contributed by atoms with E-state index in [4.69, 9.17) is 5.73 Å².